The average molecular weight is 587 g/mol. The largest absolute Gasteiger partial charge is 0.485 e. The van der Waals surface area contributed by atoms with Crippen molar-refractivity contribution in [2.24, 2.45) is 4.99 Å². The lowest BCUT2D eigenvalue weighted by Crippen LogP contribution is -2.41. The monoisotopic (exact) mass is 586 g/mol. The molecule has 1 atom stereocenters. The Kier molecular flexibility index (Phi) is 9.01. The smallest absolute Gasteiger partial charge is 0.277 e. The molecule has 0 aromatic carbocycles. The second-order valence-electron chi connectivity index (χ2n) is 9.84. The number of hydrogen-bond acceptors (Lipinski definition) is 7. The molecule has 1 aliphatic carbocycles. The Balaban J connectivity index is 1.70. The zero-order valence-corrected chi connectivity index (χ0v) is 23.4. The Labute approximate surface area is 239 Å². The molecule has 3 aromatic heterocycles. The lowest BCUT2D eigenvalue weighted by molar-refractivity contribution is -0.0401. The van der Waals surface area contributed by atoms with Crippen LogP contribution in [0.4, 0.5) is 8.78 Å². The zero-order chi connectivity index (χ0) is 29.9. The highest BCUT2D eigenvalue weighted by Crippen LogP contribution is 2.39. The van der Waals surface area contributed by atoms with Crippen LogP contribution in [0.2, 0.25) is 5.02 Å². The summed E-state index contributed by atoms with van der Waals surface area (Å²) in [6.07, 6.45) is 7.51. The highest BCUT2D eigenvalue weighted by atomic mass is 35.5. The first-order chi connectivity index (χ1) is 19.4. The first-order valence-electron chi connectivity index (χ1n) is 12.8. The minimum Gasteiger partial charge on any atom is -0.485 e. The lowest BCUT2D eigenvalue weighted by Gasteiger charge is -2.36. The fourth-order valence-electron chi connectivity index (χ4n) is 4.09. The number of nitrogens with zero attached hydrogens (tertiary/aromatic N) is 4. The summed E-state index contributed by atoms with van der Waals surface area (Å²) >= 11 is 6.27. The predicted molar refractivity (Wildman–Crippen MR) is 151 cm³/mol. The van der Waals surface area contributed by atoms with Gasteiger partial charge in [-0.1, -0.05) is 11.6 Å². The number of pyridine rings is 3. The normalized spacial score (nSPS) is 16.1. The van der Waals surface area contributed by atoms with Crippen LogP contribution in [0.3, 0.4) is 0 Å². The number of aliphatic hydroxyl groups is 2. The van der Waals surface area contributed by atoms with Crippen molar-refractivity contribution >= 4 is 23.6 Å². The lowest BCUT2D eigenvalue weighted by atomic mass is 9.75. The number of ether oxygens (including phenoxy) is 1. The zero-order valence-electron chi connectivity index (χ0n) is 22.6. The number of rotatable bonds is 8. The summed E-state index contributed by atoms with van der Waals surface area (Å²) in [4.78, 5) is 34.5. The third-order valence-corrected chi connectivity index (χ3v) is 7.25. The summed E-state index contributed by atoms with van der Waals surface area (Å²) in [6, 6.07) is 5.34. The molecule has 0 unspecified atom stereocenters. The average Bonchev–Trinajstić information content (AvgIpc) is 2.91. The summed E-state index contributed by atoms with van der Waals surface area (Å²) in [6.45, 7) is 4.47. The SMILES string of the molecule is C/C(=C/N=C(/C=C/n1c(C)cc(OCc2ncc(F)cc2F)c(Cl)c1=O)n1cccc(C2(O)CCC2)c1=O)[C@H](C)O. The summed E-state index contributed by atoms with van der Waals surface area (Å²) in [5.74, 6) is -1.64. The van der Waals surface area contributed by atoms with Crippen LogP contribution in [0.1, 0.15) is 50.1 Å². The van der Waals surface area contributed by atoms with Crippen molar-refractivity contribution in [3.8, 4) is 5.75 Å². The molecule has 0 radical (unpaired) electrons. The highest BCUT2D eigenvalue weighted by molar-refractivity contribution is 6.31. The second kappa shape index (κ2) is 12.3. The molecule has 0 saturated heterocycles. The molecular weight excluding hydrogens is 558 g/mol. The van der Waals surface area contributed by atoms with E-state index in [1.807, 2.05) is 0 Å². The first kappa shape index (κ1) is 30.0. The molecule has 3 aromatic rings. The Morgan fingerprint density at radius 3 is 2.66 bits per heavy atom. The van der Waals surface area contributed by atoms with Crippen LogP contribution in [0.5, 0.6) is 5.75 Å². The Hall–Kier alpha value is -3.93. The van der Waals surface area contributed by atoms with E-state index in [-0.39, 0.29) is 34.5 Å². The van der Waals surface area contributed by atoms with Gasteiger partial charge in [-0.05, 0) is 63.8 Å². The molecule has 4 rings (SSSR count). The molecule has 216 valence electrons. The molecule has 3 heterocycles. The van der Waals surface area contributed by atoms with E-state index in [4.69, 9.17) is 16.3 Å². The second-order valence-corrected chi connectivity index (χ2v) is 10.2. The van der Waals surface area contributed by atoms with E-state index in [1.165, 1.54) is 39.9 Å². The van der Waals surface area contributed by atoms with Crippen LogP contribution in [-0.4, -0.2) is 36.3 Å². The minimum absolute atomic E-state index is 0.0219. The molecule has 0 aliphatic heterocycles. The molecule has 0 spiro atoms. The summed E-state index contributed by atoms with van der Waals surface area (Å²) in [5.41, 5.74) is -1.33. The van der Waals surface area contributed by atoms with Gasteiger partial charge in [-0.15, -0.1) is 0 Å². The maximum Gasteiger partial charge on any atom is 0.277 e. The number of aromatic nitrogens is 3. The summed E-state index contributed by atoms with van der Waals surface area (Å²) < 4.78 is 35.0. The topological polar surface area (TPSA) is 119 Å². The molecule has 41 heavy (non-hydrogen) atoms. The number of aliphatic imine (C=N–C) groups is 1. The number of allylic oxidation sites excluding steroid dienone is 1. The van der Waals surface area contributed by atoms with Crippen molar-refractivity contribution in [1.29, 1.82) is 0 Å². The molecule has 12 heteroatoms. The van der Waals surface area contributed by atoms with E-state index in [0.29, 0.717) is 30.2 Å². The van der Waals surface area contributed by atoms with Crippen molar-refractivity contribution in [2.45, 2.75) is 58.3 Å². The number of aliphatic hydroxyl groups excluding tert-OH is 1. The van der Waals surface area contributed by atoms with Gasteiger partial charge in [0.25, 0.3) is 11.1 Å². The van der Waals surface area contributed by atoms with Gasteiger partial charge in [0, 0.05) is 42.0 Å². The van der Waals surface area contributed by atoms with Gasteiger partial charge in [0.15, 0.2) is 5.82 Å². The van der Waals surface area contributed by atoms with Gasteiger partial charge < -0.3 is 14.9 Å². The molecule has 1 aliphatic rings. The van der Waals surface area contributed by atoms with E-state index in [9.17, 15) is 28.6 Å². The third kappa shape index (κ3) is 6.53. The van der Waals surface area contributed by atoms with E-state index in [2.05, 4.69) is 9.98 Å². The van der Waals surface area contributed by atoms with Gasteiger partial charge in [-0.25, -0.2) is 13.8 Å². The fourth-order valence-corrected chi connectivity index (χ4v) is 4.29. The van der Waals surface area contributed by atoms with Gasteiger partial charge in [-0.2, -0.15) is 0 Å². The van der Waals surface area contributed by atoms with E-state index in [1.54, 1.807) is 32.9 Å². The van der Waals surface area contributed by atoms with Crippen molar-refractivity contribution in [3.63, 3.8) is 0 Å². The maximum absolute atomic E-state index is 13.9. The van der Waals surface area contributed by atoms with Crippen LogP contribution in [0, 0.1) is 18.6 Å². The standard InChI is InChI=1S/C29H29ClF2N4O5/c1-17(19(3)37)14-34-25(36-10-4-6-21(27(36)38)29(40)8-5-9-29)7-11-35-18(2)12-24(26(30)28(35)39)41-16-23-22(32)13-20(31)15-33-23/h4,6-7,10-15,19,37,40H,5,8-9,16H2,1-3H3/b11-7+,17-14-,34-25-/t19-/m0/s1. The van der Waals surface area contributed by atoms with Crippen LogP contribution in [0.15, 0.2) is 69.1 Å². The highest BCUT2D eigenvalue weighted by Gasteiger charge is 2.38. The molecule has 0 amide bonds. The maximum atomic E-state index is 13.9. The Bertz CT molecular complexity index is 1670. The fraction of sp³-hybridized carbons (Fsp3) is 0.310. The molecule has 9 nitrogen and oxygen atoms in total. The van der Waals surface area contributed by atoms with E-state index >= 15 is 0 Å². The van der Waals surface area contributed by atoms with Crippen LogP contribution < -0.4 is 15.9 Å². The van der Waals surface area contributed by atoms with Crippen molar-refractivity contribution in [3.05, 3.63) is 109 Å². The minimum atomic E-state index is -1.20. The Morgan fingerprint density at radius 2 is 2.02 bits per heavy atom. The molecule has 1 saturated carbocycles. The van der Waals surface area contributed by atoms with Crippen molar-refractivity contribution in [2.75, 3.05) is 0 Å². The Morgan fingerprint density at radius 1 is 1.29 bits per heavy atom. The van der Waals surface area contributed by atoms with Crippen LogP contribution in [-0.2, 0) is 12.2 Å². The molecular formula is C29H29ClF2N4O5. The van der Waals surface area contributed by atoms with Crippen molar-refractivity contribution in [1.82, 2.24) is 14.1 Å². The first-order valence-corrected chi connectivity index (χ1v) is 13.2. The van der Waals surface area contributed by atoms with E-state index < -0.39 is 34.5 Å². The van der Waals surface area contributed by atoms with Crippen LogP contribution in [0.25, 0.3) is 6.20 Å². The predicted octanol–water partition coefficient (Wildman–Crippen LogP) is 4.30. The number of aryl methyl sites for hydroxylation is 1. The van der Waals surface area contributed by atoms with E-state index in [0.717, 1.165) is 12.6 Å². The number of halogens is 3. The van der Waals surface area contributed by atoms with Gasteiger partial charge >= 0.3 is 0 Å². The van der Waals surface area contributed by atoms with Gasteiger partial charge in [0.2, 0.25) is 0 Å². The molecule has 1 fully saturated rings. The van der Waals surface area contributed by atoms with Gasteiger partial charge in [0.05, 0.1) is 17.9 Å². The van der Waals surface area contributed by atoms with Crippen molar-refractivity contribution < 1.29 is 23.7 Å². The van der Waals surface area contributed by atoms with Gasteiger partial charge in [-0.3, -0.25) is 23.7 Å². The number of hydrogen-bond donors (Lipinski definition) is 2. The third-order valence-electron chi connectivity index (χ3n) is 6.90. The molecule has 0 bridgehead atoms. The quantitative estimate of drug-likeness (QED) is 0.300. The summed E-state index contributed by atoms with van der Waals surface area (Å²) in [5, 5.41) is 20.4. The molecule has 2 N–H and O–H groups in total. The summed E-state index contributed by atoms with van der Waals surface area (Å²) in [7, 11) is 0. The van der Waals surface area contributed by atoms with Gasteiger partial charge in [0.1, 0.15) is 34.7 Å². The van der Waals surface area contributed by atoms with Crippen LogP contribution >= 0.6 is 11.6 Å².